The lowest BCUT2D eigenvalue weighted by molar-refractivity contribution is -0.122. The number of benzene rings is 1. The molecule has 8 heteroatoms. The third kappa shape index (κ3) is 3.49. The molecule has 0 fully saturated rings. The minimum atomic E-state index is -0.425. The zero-order valence-electron chi connectivity index (χ0n) is 14.4. The lowest BCUT2D eigenvalue weighted by Gasteiger charge is -2.12. The number of nitrogens with one attached hydrogen (secondary N) is 1. The zero-order chi connectivity index (χ0) is 18.5. The number of carbonyl (C=O) groups excluding carboxylic acids is 1. The number of nitrogens with zero attached hydrogens (tertiary/aromatic N) is 3. The molecular formula is C18H18N4O4. The fraction of sp³-hybridized carbons (Fsp3) is 0.222. The van der Waals surface area contributed by atoms with Crippen molar-refractivity contribution in [3.05, 3.63) is 58.8 Å². The van der Waals surface area contributed by atoms with Gasteiger partial charge in [0.25, 0.3) is 5.56 Å². The molecule has 0 bridgehead atoms. The van der Waals surface area contributed by atoms with Crippen LogP contribution in [-0.2, 0) is 17.9 Å². The van der Waals surface area contributed by atoms with Gasteiger partial charge in [-0.1, -0.05) is 6.07 Å². The number of hydrogen-bond acceptors (Lipinski definition) is 6. The molecule has 0 atom stereocenters. The molecule has 26 heavy (non-hydrogen) atoms. The second-order valence-electron chi connectivity index (χ2n) is 5.47. The third-order valence-electron chi connectivity index (χ3n) is 3.85. The average molecular weight is 354 g/mol. The van der Waals surface area contributed by atoms with Crippen LogP contribution in [0.15, 0.2) is 47.5 Å². The summed E-state index contributed by atoms with van der Waals surface area (Å²) in [6, 6.07) is 8.86. The number of hydrogen-bond donors (Lipinski definition) is 1. The maximum atomic E-state index is 12.8. The Morgan fingerprint density at radius 2 is 2.04 bits per heavy atom. The van der Waals surface area contributed by atoms with E-state index in [0.29, 0.717) is 22.3 Å². The highest BCUT2D eigenvalue weighted by Gasteiger charge is 2.15. The fourth-order valence-electron chi connectivity index (χ4n) is 2.58. The molecule has 0 saturated heterocycles. The van der Waals surface area contributed by atoms with E-state index < -0.39 is 5.56 Å². The summed E-state index contributed by atoms with van der Waals surface area (Å²) < 4.78 is 11.6. The minimum absolute atomic E-state index is 0.206. The summed E-state index contributed by atoms with van der Waals surface area (Å²) in [6.45, 7) is 0.0706. The van der Waals surface area contributed by atoms with Crippen LogP contribution in [0.3, 0.4) is 0 Å². The Hall–Kier alpha value is -3.42. The van der Waals surface area contributed by atoms with Gasteiger partial charge in [-0.15, -0.1) is 0 Å². The normalized spacial score (nSPS) is 10.5. The predicted molar refractivity (Wildman–Crippen MR) is 95.2 cm³/mol. The van der Waals surface area contributed by atoms with E-state index in [1.54, 1.807) is 30.5 Å². The van der Waals surface area contributed by atoms with Crippen LogP contribution in [0.25, 0.3) is 10.8 Å². The van der Waals surface area contributed by atoms with Crippen LogP contribution in [-0.4, -0.2) is 34.9 Å². The maximum Gasteiger partial charge on any atom is 0.279 e. The zero-order valence-corrected chi connectivity index (χ0v) is 14.4. The summed E-state index contributed by atoms with van der Waals surface area (Å²) in [7, 11) is 2.95. The summed E-state index contributed by atoms with van der Waals surface area (Å²) >= 11 is 0. The molecule has 1 N–H and O–H groups in total. The van der Waals surface area contributed by atoms with Gasteiger partial charge in [-0.05, 0) is 24.3 Å². The van der Waals surface area contributed by atoms with Crippen LogP contribution < -0.4 is 20.3 Å². The van der Waals surface area contributed by atoms with Crippen molar-refractivity contribution in [1.29, 1.82) is 0 Å². The molecule has 134 valence electrons. The van der Waals surface area contributed by atoms with Gasteiger partial charge < -0.3 is 14.8 Å². The topological polar surface area (TPSA) is 95.3 Å². The van der Waals surface area contributed by atoms with Crippen LogP contribution in [0.4, 0.5) is 0 Å². The van der Waals surface area contributed by atoms with Crippen molar-refractivity contribution in [1.82, 2.24) is 20.1 Å². The third-order valence-corrected chi connectivity index (χ3v) is 3.85. The van der Waals surface area contributed by atoms with Crippen molar-refractivity contribution in [3.8, 4) is 11.5 Å². The number of methoxy groups -OCH3 is 2. The van der Waals surface area contributed by atoms with E-state index in [-0.39, 0.29) is 19.0 Å². The molecule has 1 amide bonds. The minimum Gasteiger partial charge on any atom is -0.493 e. The number of aromatic nitrogens is 3. The van der Waals surface area contributed by atoms with E-state index >= 15 is 0 Å². The molecule has 2 aromatic heterocycles. The van der Waals surface area contributed by atoms with Gasteiger partial charge in [0.1, 0.15) is 6.54 Å². The molecule has 3 rings (SSSR count). The van der Waals surface area contributed by atoms with Gasteiger partial charge >= 0.3 is 0 Å². The number of carbonyl (C=O) groups is 1. The number of ether oxygens (including phenoxy) is 2. The van der Waals surface area contributed by atoms with E-state index in [2.05, 4.69) is 15.4 Å². The molecule has 0 spiro atoms. The van der Waals surface area contributed by atoms with Gasteiger partial charge in [-0.25, -0.2) is 4.68 Å². The first-order valence-electron chi connectivity index (χ1n) is 7.91. The molecule has 0 saturated carbocycles. The standard InChI is InChI=1S/C18H18N4O4/c1-25-14-7-6-12-9-21-22(18(24)16(12)17(14)26-2)11-15(23)20-10-13-5-3-4-8-19-13/h3-9H,10-11H2,1-2H3,(H,20,23). The molecule has 0 aliphatic carbocycles. The first-order valence-corrected chi connectivity index (χ1v) is 7.91. The van der Waals surface area contributed by atoms with Crippen LogP contribution in [0, 0.1) is 0 Å². The molecule has 0 aliphatic rings. The van der Waals surface area contributed by atoms with Gasteiger partial charge in [0.05, 0.1) is 38.0 Å². The van der Waals surface area contributed by atoms with E-state index in [0.717, 1.165) is 10.4 Å². The monoisotopic (exact) mass is 354 g/mol. The molecule has 1 aromatic carbocycles. The Kier molecular flexibility index (Phi) is 5.12. The summed E-state index contributed by atoms with van der Waals surface area (Å²) in [5.74, 6) is 0.418. The second-order valence-corrected chi connectivity index (χ2v) is 5.47. The summed E-state index contributed by atoms with van der Waals surface area (Å²) in [5, 5.41) is 7.71. The van der Waals surface area contributed by atoms with Crippen LogP contribution in [0.1, 0.15) is 5.69 Å². The lowest BCUT2D eigenvalue weighted by atomic mass is 10.1. The van der Waals surface area contributed by atoms with Crippen molar-refractivity contribution in [2.24, 2.45) is 0 Å². The van der Waals surface area contributed by atoms with Crippen LogP contribution >= 0.6 is 0 Å². The average Bonchev–Trinajstić information content (AvgIpc) is 2.68. The Bertz CT molecular complexity index is 986. The van der Waals surface area contributed by atoms with Crippen molar-refractivity contribution < 1.29 is 14.3 Å². The summed E-state index contributed by atoms with van der Waals surface area (Å²) in [6.07, 6.45) is 3.17. The van der Waals surface area contributed by atoms with Crippen molar-refractivity contribution in [2.45, 2.75) is 13.1 Å². The number of amides is 1. The Labute approximate surface area is 149 Å². The Morgan fingerprint density at radius 1 is 1.19 bits per heavy atom. The van der Waals surface area contributed by atoms with Crippen LogP contribution in [0.2, 0.25) is 0 Å². The Balaban J connectivity index is 1.85. The SMILES string of the molecule is COc1ccc2cnn(CC(=O)NCc3ccccn3)c(=O)c2c1OC. The first-order chi connectivity index (χ1) is 12.6. The maximum absolute atomic E-state index is 12.8. The molecule has 0 radical (unpaired) electrons. The fourth-order valence-corrected chi connectivity index (χ4v) is 2.58. The van der Waals surface area contributed by atoms with E-state index in [1.807, 2.05) is 6.07 Å². The summed E-state index contributed by atoms with van der Waals surface area (Å²) in [5.41, 5.74) is 0.303. The molecular weight excluding hydrogens is 336 g/mol. The molecule has 0 aliphatic heterocycles. The molecule has 2 heterocycles. The highest BCUT2D eigenvalue weighted by Crippen LogP contribution is 2.32. The molecule has 8 nitrogen and oxygen atoms in total. The second kappa shape index (κ2) is 7.64. The van der Waals surface area contributed by atoms with Gasteiger partial charge in [-0.2, -0.15) is 5.10 Å². The van der Waals surface area contributed by atoms with Crippen molar-refractivity contribution >= 4 is 16.7 Å². The first kappa shape index (κ1) is 17.4. The van der Waals surface area contributed by atoms with E-state index in [4.69, 9.17) is 9.47 Å². The van der Waals surface area contributed by atoms with E-state index in [1.165, 1.54) is 20.4 Å². The predicted octanol–water partition coefficient (Wildman–Crippen LogP) is 1.13. The number of pyridine rings is 1. The number of fused-ring (bicyclic) bond motifs is 1. The van der Waals surface area contributed by atoms with Crippen molar-refractivity contribution in [3.63, 3.8) is 0 Å². The van der Waals surface area contributed by atoms with Crippen LogP contribution in [0.5, 0.6) is 11.5 Å². The van der Waals surface area contributed by atoms with Gasteiger partial charge in [0, 0.05) is 11.6 Å². The Morgan fingerprint density at radius 3 is 2.73 bits per heavy atom. The largest absolute Gasteiger partial charge is 0.493 e. The van der Waals surface area contributed by atoms with Gasteiger partial charge in [0.15, 0.2) is 11.5 Å². The molecule has 3 aromatic rings. The lowest BCUT2D eigenvalue weighted by Crippen LogP contribution is -2.33. The van der Waals surface area contributed by atoms with Gasteiger partial charge in [-0.3, -0.25) is 14.6 Å². The van der Waals surface area contributed by atoms with Crippen molar-refractivity contribution in [2.75, 3.05) is 14.2 Å². The quantitative estimate of drug-likeness (QED) is 0.713. The summed E-state index contributed by atoms with van der Waals surface area (Å²) in [4.78, 5) is 29.0. The molecule has 0 unspecified atom stereocenters. The van der Waals surface area contributed by atoms with E-state index in [9.17, 15) is 9.59 Å². The highest BCUT2D eigenvalue weighted by molar-refractivity contribution is 5.89. The van der Waals surface area contributed by atoms with Gasteiger partial charge in [0.2, 0.25) is 5.91 Å². The highest BCUT2D eigenvalue weighted by atomic mass is 16.5. The number of rotatable bonds is 6. The smallest absolute Gasteiger partial charge is 0.279 e.